The van der Waals surface area contributed by atoms with Crippen LogP contribution in [0.25, 0.3) is 5.65 Å². The molecule has 2 aromatic heterocycles. The molecule has 1 saturated heterocycles. The van der Waals surface area contributed by atoms with Crippen molar-refractivity contribution in [2.24, 2.45) is 0 Å². The van der Waals surface area contributed by atoms with Crippen molar-refractivity contribution in [3.8, 4) is 0 Å². The molecule has 0 unspecified atom stereocenters. The molecule has 0 spiro atoms. The fourth-order valence-electron chi connectivity index (χ4n) is 3.51. The molecule has 3 heterocycles. The lowest BCUT2D eigenvalue weighted by molar-refractivity contribution is 0.567. The Labute approximate surface area is 163 Å². The van der Waals surface area contributed by atoms with Crippen LogP contribution >= 0.6 is 11.8 Å². The van der Waals surface area contributed by atoms with Crippen molar-refractivity contribution in [1.82, 2.24) is 14.6 Å². The summed E-state index contributed by atoms with van der Waals surface area (Å²) < 4.78 is 28.4. The van der Waals surface area contributed by atoms with Gasteiger partial charge in [0.2, 0.25) is 9.84 Å². The van der Waals surface area contributed by atoms with E-state index in [4.69, 9.17) is 0 Å². The molecule has 4 rings (SSSR count). The van der Waals surface area contributed by atoms with Gasteiger partial charge < -0.3 is 4.90 Å². The Hall–Kier alpha value is -2.06. The summed E-state index contributed by atoms with van der Waals surface area (Å²) in [6, 6.07) is 10.5. The molecule has 6 nitrogen and oxygen atoms in total. The number of hydrogen-bond acceptors (Lipinski definition) is 6. The summed E-state index contributed by atoms with van der Waals surface area (Å²) in [6.45, 7) is 3.81. The topological polar surface area (TPSA) is 67.6 Å². The van der Waals surface area contributed by atoms with Crippen molar-refractivity contribution in [2.45, 2.75) is 41.0 Å². The zero-order valence-corrected chi connectivity index (χ0v) is 17.1. The van der Waals surface area contributed by atoms with Crippen molar-refractivity contribution < 1.29 is 8.42 Å². The van der Waals surface area contributed by atoms with E-state index >= 15 is 0 Å². The van der Waals surface area contributed by atoms with Gasteiger partial charge in [0.1, 0.15) is 10.8 Å². The van der Waals surface area contributed by atoms with Gasteiger partial charge in [-0.25, -0.2) is 13.4 Å². The first kappa shape index (κ1) is 18.3. The first-order valence-corrected chi connectivity index (χ1v) is 11.7. The van der Waals surface area contributed by atoms with Crippen LogP contribution in [0.4, 0.5) is 5.82 Å². The Kier molecular flexibility index (Phi) is 4.86. The second kappa shape index (κ2) is 7.16. The lowest BCUT2D eigenvalue weighted by Crippen LogP contribution is -2.31. The molecular formula is C19H22N4O2S2. The lowest BCUT2D eigenvalue weighted by Gasteiger charge is -2.29. The fraction of sp³-hybridized carbons (Fsp3) is 0.368. The molecule has 1 aliphatic heterocycles. The minimum Gasteiger partial charge on any atom is -0.356 e. The average Bonchev–Trinajstić information content (AvgIpc) is 3.08. The van der Waals surface area contributed by atoms with Crippen LogP contribution in [-0.2, 0) is 9.84 Å². The fourth-order valence-corrected chi connectivity index (χ4v) is 5.93. The van der Waals surface area contributed by atoms with E-state index in [-0.39, 0.29) is 9.79 Å². The Balaban J connectivity index is 1.97. The summed E-state index contributed by atoms with van der Waals surface area (Å²) in [5, 5.41) is 5.12. The van der Waals surface area contributed by atoms with Gasteiger partial charge in [-0.2, -0.15) is 9.61 Å². The summed E-state index contributed by atoms with van der Waals surface area (Å²) in [4.78, 5) is 7.31. The highest BCUT2D eigenvalue weighted by Gasteiger charge is 2.30. The SMILES string of the molecule is CSc1nn2c(N3CCCCC3)cc(C)nc2c1S(=O)(=O)c1ccccc1. The molecule has 142 valence electrons. The van der Waals surface area contributed by atoms with Gasteiger partial charge in [-0.3, -0.25) is 0 Å². The molecule has 0 bridgehead atoms. The predicted octanol–water partition coefficient (Wildman–Crippen LogP) is 3.58. The number of benzene rings is 1. The summed E-state index contributed by atoms with van der Waals surface area (Å²) in [7, 11) is -3.71. The molecular weight excluding hydrogens is 380 g/mol. The third-order valence-corrected chi connectivity index (χ3v) is 7.43. The maximum Gasteiger partial charge on any atom is 0.213 e. The van der Waals surface area contributed by atoms with Crippen LogP contribution in [0.1, 0.15) is 25.0 Å². The van der Waals surface area contributed by atoms with E-state index in [1.165, 1.54) is 18.2 Å². The van der Waals surface area contributed by atoms with Crippen LogP contribution in [0.5, 0.6) is 0 Å². The molecule has 0 atom stereocenters. The second-order valence-electron chi connectivity index (χ2n) is 6.69. The average molecular weight is 403 g/mol. The predicted molar refractivity (Wildman–Crippen MR) is 107 cm³/mol. The van der Waals surface area contributed by atoms with Crippen LogP contribution < -0.4 is 4.90 Å². The lowest BCUT2D eigenvalue weighted by atomic mass is 10.1. The van der Waals surface area contributed by atoms with E-state index in [1.807, 2.05) is 25.3 Å². The number of aryl methyl sites for hydroxylation is 1. The van der Waals surface area contributed by atoms with Gasteiger partial charge in [-0.15, -0.1) is 11.8 Å². The molecule has 0 amide bonds. The van der Waals surface area contributed by atoms with Crippen molar-refractivity contribution in [1.29, 1.82) is 0 Å². The minimum atomic E-state index is -3.71. The largest absolute Gasteiger partial charge is 0.356 e. The van der Waals surface area contributed by atoms with Gasteiger partial charge in [0, 0.05) is 24.8 Å². The van der Waals surface area contributed by atoms with E-state index in [0.717, 1.165) is 37.4 Å². The zero-order valence-electron chi connectivity index (χ0n) is 15.4. The highest BCUT2D eigenvalue weighted by molar-refractivity contribution is 7.99. The Morgan fingerprint density at radius 2 is 1.78 bits per heavy atom. The first-order chi connectivity index (χ1) is 13.0. The molecule has 27 heavy (non-hydrogen) atoms. The molecule has 1 fully saturated rings. The number of anilines is 1. The van der Waals surface area contributed by atoms with Crippen LogP contribution in [0.15, 0.2) is 51.2 Å². The van der Waals surface area contributed by atoms with Crippen molar-refractivity contribution in [3.05, 3.63) is 42.1 Å². The number of nitrogens with zero attached hydrogens (tertiary/aromatic N) is 4. The number of fused-ring (bicyclic) bond motifs is 1. The second-order valence-corrected chi connectivity index (χ2v) is 9.38. The first-order valence-electron chi connectivity index (χ1n) is 9.02. The molecule has 0 radical (unpaired) electrons. The van der Waals surface area contributed by atoms with Gasteiger partial charge >= 0.3 is 0 Å². The summed E-state index contributed by atoms with van der Waals surface area (Å²) >= 11 is 1.33. The van der Waals surface area contributed by atoms with Crippen LogP contribution in [0, 0.1) is 6.92 Å². The number of rotatable bonds is 4. The Morgan fingerprint density at radius 1 is 1.07 bits per heavy atom. The molecule has 8 heteroatoms. The third-order valence-electron chi connectivity index (χ3n) is 4.82. The van der Waals surface area contributed by atoms with E-state index in [2.05, 4.69) is 15.0 Å². The summed E-state index contributed by atoms with van der Waals surface area (Å²) in [5.41, 5.74) is 1.20. The molecule has 0 saturated carbocycles. The highest BCUT2D eigenvalue weighted by Crippen LogP contribution is 2.34. The van der Waals surface area contributed by atoms with Gasteiger partial charge in [-0.05, 0) is 44.6 Å². The van der Waals surface area contributed by atoms with E-state index < -0.39 is 9.84 Å². The maximum atomic E-state index is 13.4. The Bertz CT molecular complexity index is 1070. The van der Waals surface area contributed by atoms with Gasteiger partial charge in [0.25, 0.3) is 0 Å². The maximum absolute atomic E-state index is 13.4. The number of hydrogen-bond donors (Lipinski definition) is 0. The standard InChI is InChI=1S/C19H22N4O2S2/c1-14-13-16(22-11-7-4-8-12-22)23-18(20-14)17(19(21-23)26-2)27(24,25)15-9-5-3-6-10-15/h3,5-6,9-10,13H,4,7-8,11-12H2,1-2H3. The van der Waals surface area contributed by atoms with Crippen molar-refractivity contribution in [3.63, 3.8) is 0 Å². The minimum absolute atomic E-state index is 0.197. The van der Waals surface area contributed by atoms with Gasteiger partial charge in [0.05, 0.1) is 4.90 Å². The van der Waals surface area contributed by atoms with Crippen LogP contribution in [0.3, 0.4) is 0 Å². The Morgan fingerprint density at radius 3 is 2.44 bits per heavy atom. The van der Waals surface area contributed by atoms with Crippen molar-refractivity contribution in [2.75, 3.05) is 24.2 Å². The highest BCUT2D eigenvalue weighted by atomic mass is 32.2. The summed E-state index contributed by atoms with van der Waals surface area (Å²) in [6.07, 6.45) is 5.34. The van der Waals surface area contributed by atoms with E-state index in [9.17, 15) is 8.42 Å². The monoisotopic (exact) mass is 402 g/mol. The smallest absolute Gasteiger partial charge is 0.213 e. The molecule has 1 aliphatic rings. The van der Waals surface area contributed by atoms with Crippen LogP contribution in [-0.4, -0.2) is 42.4 Å². The van der Waals surface area contributed by atoms with E-state index in [1.54, 1.807) is 28.8 Å². The number of thioether (sulfide) groups is 1. The zero-order chi connectivity index (χ0) is 19.0. The molecule has 1 aromatic carbocycles. The molecule has 0 N–H and O–H groups in total. The summed E-state index contributed by atoms with van der Waals surface area (Å²) in [5.74, 6) is 0.919. The molecule has 3 aromatic rings. The number of sulfone groups is 1. The van der Waals surface area contributed by atoms with Gasteiger partial charge in [0.15, 0.2) is 10.5 Å². The van der Waals surface area contributed by atoms with Crippen LogP contribution in [0.2, 0.25) is 0 Å². The molecule has 0 aliphatic carbocycles. The van der Waals surface area contributed by atoms with Gasteiger partial charge in [-0.1, -0.05) is 18.2 Å². The van der Waals surface area contributed by atoms with E-state index in [0.29, 0.717) is 10.7 Å². The van der Waals surface area contributed by atoms with Crippen molar-refractivity contribution >= 4 is 33.1 Å². The normalized spacial score (nSPS) is 15.4. The quantitative estimate of drug-likeness (QED) is 0.622. The number of piperidine rings is 1. The third kappa shape index (κ3) is 3.21. The number of aromatic nitrogens is 3.